The quantitative estimate of drug-likeness (QED) is 0.663. The van der Waals surface area contributed by atoms with Crippen LogP contribution in [0, 0.1) is 29.1 Å². The summed E-state index contributed by atoms with van der Waals surface area (Å²) in [5.74, 6) is 0.365. The number of amides is 4. The number of hydrogen-bond donors (Lipinski definition) is 0. The molecule has 7 rings (SSSR count). The van der Waals surface area contributed by atoms with Gasteiger partial charge in [0.1, 0.15) is 5.92 Å². The normalized spacial score (nSPS) is 32.8. The van der Waals surface area contributed by atoms with Gasteiger partial charge in [0, 0.05) is 0 Å². The molecular weight excluding hydrogens is 388 g/mol. The van der Waals surface area contributed by atoms with Crippen molar-refractivity contribution in [1.82, 2.24) is 0 Å². The van der Waals surface area contributed by atoms with Gasteiger partial charge in [0.15, 0.2) is 0 Å². The highest BCUT2D eigenvalue weighted by Crippen LogP contribution is 2.63. The fraction of sp³-hybridized carbons (Fsp3) is 0.423. The van der Waals surface area contributed by atoms with Gasteiger partial charge >= 0.3 is 6.03 Å². The third-order valence-electron chi connectivity index (χ3n) is 8.04. The van der Waals surface area contributed by atoms with E-state index < -0.39 is 11.9 Å². The van der Waals surface area contributed by atoms with Crippen molar-refractivity contribution in [2.75, 3.05) is 9.80 Å². The van der Waals surface area contributed by atoms with Crippen LogP contribution in [0.4, 0.5) is 16.2 Å². The third-order valence-corrected chi connectivity index (χ3v) is 8.04. The molecule has 31 heavy (non-hydrogen) atoms. The lowest BCUT2D eigenvalue weighted by molar-refractivity contribution is -0.150. The number of hydrogen-bond acceptors (Lipinski definition) is 3. The van der Waals surface area contributed by atoms with Crippen LogP contribution in [0.2, 0.25) is 0 Å². The second kappa shape index (κ2) is 6.78. The van der Waals surface area contributed by atoms with Gasteiger partial charge in [-0.2, -0.15) is 0 Å². The molecule has 0 spiro atoms. The molecule has 4 aliphatic carbocycles. The Labute approximate surface area is 182 Å². The van der Waals surface area contributed by atoms with E-state index in [-0.39, 0.29) is 17.2 Å². The average molecular weight is 415 g/mol. The first-order chi connectivity index (χ1) is 15.1. The van der Waals surface area contributed by atoms with Gasteiger partial charge in [0.05, 0.1) is 11.4 Å². The number of urea groups is 1. The Kier molecular flexibility index (Phi) is 4.11. The predicted molar refractivity (Wildman–Crippen MR) is 117 cm³/mol. The molecule has 2 aromatic carbocycles. The number of carbonyl (C=O) groups is 3. The fourth-order valence-electron chi connectivity index (χ4n) is 7.34. The van der Waals surface area contributed by atoms with Crippen LogP contribution in [0.15, 0.2) is 60.7 Å². The minimum atomic E-state index is -0.793. The van der Waals surface area contributed by atoms with E-state index in [1.165, 1.54) is 29.1 Å². The summed E-state index contributed by atoms with van der Waals surface area (Å²) in [6, 6.07) is 17.5. The highest BCUT2D eigenvalue weighted by atomic mass is 16.2. The van der Waals surface area contributed by atoms with E-state index >= 15 is 0 Å². The molecule has 2 aromatic rings. The number of anilines is 2. The van der Waals surface area contributed by atoms with Crippen molar-refractivity contribution in [3.05, 3.63) is 60.7 Å². The third kappa shape index (κ3) is 2.79. The van der Waals surface area contributed by atoms with Gasteiger partial charge in [-0.1, -0.05) is 36.4 Å². The first kappa shape index (κ1) is 18.8. The summed E-state index contributed by atoms with van der Waals surface area (Å²) in [7, 11) is 0. The summed E-state index contributed by atoms with van der Waals surface area (Å²) in [4.78, 5) is 43.8. The number of rotatable bonds is 3. The maximum Gasteiger partial charge on any atom is 0.342 e. The Balaban J connectivity index is 1.48. The number of barbiturate groups is 1. The highest BCUT2D eigenvalue weighted by molar-refractivity contribution is 6.36. The lowest BCUT2D eigenvalue weighted by atomic mass is 9.46. The maximum atomic E-state index is 13.9. The van der Waals surface area contributed by atoms with Crippen LogP contribution in [-0.4, -0.2) is 17.8 Å². The molecule has 1 heterocycles. The molecule has 5 fully saturated rings. The summed E-state index contributed by atoms with van der Waals surface area (Å²) >= 11 is 0. The fourth-order valence-corrected chi connectivity index (χ4v) is 7.34. The summed E-state index contributed by atoms with van der Waals surface area (Å²) < 4.78 is 0. The van der Waals surface area contributed by atoms with E-state index in [2.05, 4.69) is 0 Å². The molecule has 0 atom stereocenters. The van der Waals surface area contributed by atoms with Gasteiger partial charge in [0.25, 0.3) is 0 Å². The van der Waals surface area contributed by atoms with Crippen molar-refractivity contribution in [2.45, 2.75) is 38.5 Å². The molecule has 1 saturated heterocycles. The first-order valence-electron chi connectivity index (χ1n) is 11.4. The van der Waals surface area contributed by atoms with Crippen LogP contribution < -0.4 is 9.80 Å². The molecule has 1 aliphatic heterocycles. The van der Waals surface area contributed by atoms with E-state index in [9.17, 15) is 14.4 Å². The molecule has 0 aromatic heterocycles. The Morgan fingerprint density at radius 3 is 1.39 bits per heavy atom. The predicted octanol–water partition coefficient (Wildman–Crippen LogP) is 5.02. The molecule has 4 saturated carbocycles. The van der Waals surface area contributed by atoms with Crippen LogP contribution >= 0.6 is 0 Å². The second-order valence-electron chi connectivity index (χ2n) is 10.0. The van der Waals surface area contributed by atoms with E-state index in [1.54, 1.807) is 24.3 Å². The van der Waals surface area contributed by atoms with E-state index in [4.69, 9.17) is 0 Å². The van der Waals surface area contributed by atoms with Crippen LogP contribution in [0.25, 0.3) is 0 Å². The zero-order chi connectivity index (χ0) is 21.2. The molecule has 0 radical (unpaired) electrons. The van der Waals surface area contributed by atoms with Gasteiger partial charge in [0.2, 0.25) is 11.8 Å². The first-order valence-corrected chi connectivity index (χ1v) is 11.4. The smallest absolute Gasteiger partial charge is 0.273 e. The number of para-hydroxylation sites is 2. The van der Waals surface area contributed by atoms with E-state index in [0.29, 0.717) is 29.1 Å². The minimum Gasteiger partial charge on any atom is -0.273 e. The van der Waals surface area contributed by atoms with E-state index in [0.717, 1.165) is 19.3 Å². The number of nitrogens with zero attached hydrogens (tertiary/aromatic N) is 2. The van der Waals surface area contributed by atoms with Crippen molar-refractivity contribution >= 4 is 29.2 Å². The minimum absolute atomic E-state index is 0.316. The Bertz CT molecular complexity index is 952. The molecule has 5 aliphatic rings. The van der Waals surface area contributed by atoms with Crippen LogP contribution in [0.5, 0.6) is 0 Å². The zero-order valence-corrected chi connectivity index (χ0v) is 17.4. The van der Waals surface area contributed by atoms with Crippen molar-refractivity contribution < 1.29 is 14.4 Å². The van der Waals surface area contributed by atoms with Crippen LogP contribution in [0.1, 0.15) is 38.5 Å². The van der Waals surface area contributed by atoms with E-state index in [1.807, 2.05) is 36.4 Å². The van der Waals surface area contributed by atoms with Gasteiger partial charge in [-0.05, 0) is 86.0 Å². The largest absolute Gasteiger partial charge is 0.342 e. The topological polar surface area (TPSA) is 57.7 Å². The lowest BCUT2D eigenvalue weighted by Gasteiger charge is -2.59. The molecule has 0 N–H and O–H groups in total. The highest BCUT2D eigenvalue weighted by Gasteiger charge is 2.62. The van der Waals surface area contributed by atoms with Crippen molar-refractivity contribution in [1.29, 1.82) is 0 Å². The Morgan fingerprint density at radius 2 is 1.00 bits per heavy atom. The number of imide groups is 2. The van der Waals surface area contributed by atoms with Crippen molar-refractivity contribution in [3.63, 3.8) is 0 Å². The average Bonchev–Trinajstić information content (AvgIpc) is 2.74. The number of benzene rings is 2. The zero-order valence-electron chi connectivity index (χ0n) is 17.4. The standard InChI is InChI=1S/C26H26N2O3/c29-23-22(26-14-17-11-18(15-26)13-19(12-17)16-26)24(30)28(21-9-5-2-6-10-21)25(31)27(23)20-7-3-1-4-8-20/h1-10,17-19,22H,11-16H2. The molecule has 5 nitrogen and oxygen atoms in total. The molecule has 4 amide bonds. The second-order valence-corrected chi connectivity index (χ2v) is 10.0. The summed E-state index contributed by atoms with van der Waals surface area (Å²) in [6.45, 7) is 0. The van der Waals surface area contributed by atoms with Crippen LogP contribution in [0.3, 0.4) is 0 Å². The molecule has 158 valence electrons. The SMILES string of the molecule is O=C1C(C23CC4CC(CC(C4)C2)C3)C(=O)N(c2ccccc2)C(=O)N1c1ccccc1. The molecule has 4 bridgehead atoms. The Hall–Kier alpha value is -2.95. The molecular formula is C26H26N2O3. The van der Waals surface area contributed by atoms with Gasteiger partial charge in [-0.15, -0.1) is 0 Å². The summed E-state index contributed by atoms with van der Waals surface area (Å²) in [5, 5.41) is 0. The molecule has 5 heteroatoms. The maximum absolute atomic E-state index is 13.9. The number of carbonyl (C=O) groups excluding carboxylic acids is 3. The van der Waals surface area contributed by atoms with Gasteiger partial charge in [-0.25, -0.2) is 14.6 Å². The van der Waals surface area contributed by atoms with Gasteiger partial charge < -0.3 is 0 Å². The summed E-state index contributed by atoms with van der Waals surface area (Å²) in [5.41, 5.74) is 0.741. The Morgan fingerprint density at radius 1 is 0.613 bits per heavy atom. The van der Waals surface area contributed by atoms with Crippen molar-refractivity contribution in [2.24, 2.45) is 29.1 Å². The monoisotopic (exact) mass is 414 g/mol. The van der Waals surface area contributed by atoms with Gasteiger partial charge in [-0.3, -0.25) is 9.59 Å². The molecule has 0 unspecified atom stereocenters. The lowest BCUT2D eigenvalue weighted by Crippen LogP contribution is -2.66. The van der Waals surface area contributed by atoms with Crippen molar-refractivity contribution in [3.8, 4) is 0 Å². The summed E-state index contributed by atoms with van der Waals surface area (Å²) in [6.07, 6.45) is 6.50. The van der Waals surface area contributed by atoms with Crippen LogP contribution in [-0.2, 0) is 9.59 Å².